The van der Waals surface area contributed by atoms with Crippen LogP contribution in [0, 0.1) is 13.8 Å². The van der Waals surface area contributed by atoms with E-state index in [4.69, 9.17) is 4.74 Å². The molecular formula is C26H26N2O3. The standard InChI is InChI=1S/C26H26N2O3/c1-4-31-26(30)25-16(3)22-15(2)23-20(13-18(22)27-25)28(14-17-9-6-5-7-10-17)19-11-8-12-21(29)24(19)23/h5-7,9-10,13,27H,4,8,11-12,14H2,1-3H3. The number of rotatable bonds is 4. The van der Waals surface area contributed by atoms with E-state index in [2.05, 4.69) is 34.7 Å². The molecule has 1 N–H and O–H groups in total. The van der Waals surface area contributed by atoms with Crippen molar-refractivity contribution in [1.29, 1.82) is 0 Å². The Bertz CT molecular complexity index is 1340. The largest absolute Gasteiger partial charge is 0.461 e. The monoisotopic (exact) mass is 414 g/mol. The topological polar surface area (TPSA) is 64.1 Å². The first-order chi connectivity index (χ1) is 15.0. The molecule has 0 bridgehead atoms. The Morgan fingerprint density at radius 3 is 2.61 bits per heavy atom. The second-order valence-corrected chi connectivity index (χ2v) is 8.33. The van der Waals surface area contributed by atoms with Crippen molar-refractivity contribution < 1.29 is 14.3 Å². The van der Waals surface area contributed by atoms with Gasteiger partial charge in [-0.1, -0.05) is 30.3 Å². The molecule has 0 aliphatic heterocycles. The van der Waals surface area contributed by atoms with Gasteiger partial charge in [0.25, 0.3) is 0 Å². The highest BCUT2D eigenvalue weighted by molar-refractivity contribution is 6.16. The molecular weight excluding hydrogens is 388 g/mol. The van der Waals surface area contributed by atoms with E-state index in [1.54, 1.807) is 6.92 Å². The molecule has 2 aromatic heterocycles. The van der Waals surface area contributed by atoms with Gasteiger partial charge in [-0.05, 0) is 56.4 Å². The summed E-state index contributed by atoms with van der Waals surface area (Å²) in [7, 11) is 0. The van der Waals surface area contributed by atoms with Crippen LogP contribution in [0.1, 0.15) is 63.0 Å². The number of H-pyrrole nitrogens is 1. The predicted molar refractivity (Wildman–Crippen MR) is 122 cm³/mol. The van der Waals surface area contributed by atoms with Gasteiger partial charge in [-0.3, -0.25) is 4.79 Å². The minimum absolute atomic E-state index is 0.222. The molecule has 1 aliphatic carbocycles. The van der Waals surface area contributed by atoms with Crippen LogP contribution in [0.15, 0.2) is 36.4 Å². The van der Waals surface area contributed by atoms with Gasteiger partial charge in [0.1, 0.15) is 5.69 Å². The van der Waals surface area contributed by atoms with Gasteiger partial charge >= 0.3 is 5.97 Å². The third-order valence-corrected chi connectivity index (χ3v) is 6.48. The van der Waals surface area contributed by atoms with E-state index in [0.29, 0.717) is 18.7 Å². The first-order valence-electron chi connectivity index (χ1n) is 10.9. The zero-order valence-electron chi connectivity index (χ0n) is 18.2. The van der Waals surface area contributed by atoms with E-state index in [1.165, 1.54) is 5.56 Å². The van der Waals surface area contributed by atoms with Gasteiger partial charge in [0, 0.05) is 40.5 Å². The number of aryl methyl sites for hydroxylation is 2. The van der Waals surface area contributed by atoms with Crippen LogP contribution in [0.25, 0.3) is 21.8 Å². The summed E-state index contributed by atoms with van der Waals surface area (Å²) in [6, 6.07) is 12.4. The highest BCUT2D eigenvalue weighted by atomic mass is 16.5. The van der Waals surface area contributed by atoms with Crippen LogP contribution in [-0.2, 0) is 17.7 Å². The third kappa shape index (κ3) is 2.99. The number of ketones is 1. The molecule has 0 unspecified atom stereocenters. The molecule has 158 valence electrons. The van der Waals surface area contributed by atoms with E-state index in [9.17, 15) is 9.59 Å². The van der Waals surface area contributed by atoms with Gasteiger partial charge in [0.2, 0.25) is 0 Å². The molecule has 2 aromatic carbocycles. The summed E-state index contributed by atoms with van der Waals surface area (Å²) in [5.74, 6) is -0.120. The average molecular weight is 415 g/mol. The maximum absolute atomic E-state index is 13.0. The molecule has 0 spiro atoms. The number of fused-ring (bicyclic) bond motifs is 4. The number of aromatic nitrogens is 2. The van der Waals surface area contributed by atoms with Crippen LogP contribution in [-0.4, -0.2) is 27.9 Å². The molecule has 0 saturated heterocycles. The van der Waals surface area contributed by atoms with Crippen molar-refractivity contribution in [2.24, 2.45) is 0 Å². The highest BCUT2D eigenvalue weighted by Crippen LogP contribution is 2.39. The molecule has 2 heterocycles. The number of Topliss-reactive ketones (excluding diaryl/α,β-unsaturated/α-hetero) is 1. The van der Waals surface area contributed by atoms with E-state index in [-0.39, 0.29) is 11.8 Å². The second-order valence-electron chi connectivity index (χ2n) is 8.33. The third-order valence-electron chi connectivity index (χ3n) is 6.48. The van der Waals surface area contributed by atoms with Crippen LogP contribution in [0.3, 0.4) is 0 Å². The molecule has 5 heteroatoms. The number of hydrogen-bond acceptors (Lipinski definition) is 3. The van der Waals surface area contributed by atoms with Crippen molar-refractivity contribution in [3.05, 3.63) is 70.0 Å². The molecule has 0 amide bonds. The number of benzene rings is 2. The highest BCUT2D eigenvalue weighted by Gasteiger charge is 2.29. The Morgan fingerprint density at radius 2 is 1.87 bits per heavy atom. The number of hydrogen-bond donors (Lipinski definition) is 1. The van der Waals surface area contributed by atoms with Crippen LogP contribution in [0.5, 0.6) is 0 Å². The van der Waals surface area contributed by atoms with Crippen molar-refractivity contribution >= 4 is 33.6 Å². The Balaban J connectivity index is 1.81. The molecule has 0 saturated carbocycles. The molecule has 31 heavy (non-hydrogen) atoms. The fourth-order valence-electron chi connectivity index (χ4n) is 5.14. The summed E-state index contributed by atoms with van der Waals surface area (Å²) in [6.07, 6.45) is 2.39. The summed E-state index contributed by atoms with van der Waals surface area (Å²) >= 11 is 0. The van der Waals surface area contributed by atoms with Gasteiger partial charge in [-0.2, -0.15) is 0 Å². The summed E-state index contributed by atoms with van der Waals surface area (Å²) in [6.45, 7) is 6.86. The lowest BCUT2D eigenvalue weighted by molar-refractivity contribution is 0.0519. The molecule has 5 rings (SSSR count). The summed E-state index contributed by atoms with van der Waals surface area (Å²) in [4.78, 5) is 28.8. The van der Waals surface area contributed by atoms with Crippen molar-refractivity contribution in [1.82, 2.24) is 9.55 Å². The minimum atomic E-state index is -0.342. The van der Waals surface area contributed by atoms with Crippen LogP contribution >= 0.6 is 0 Å². The Labute approximate surface area is 181 Å². The number of carbonyl (C=O) groups excluding carboxylic acids is 2. The lowest BCUT2D eigenvalue weighted by Gasteiger charge is -2.15. The first-order valence-corrected chi connectivity index (χ1v) is 10.9. The molecule has 1 aliphatic rings. The van der Waals surface area contributed by atoms with Crippen molar-refractivity contribution in [2.45, 2.75) is 46.6 Å². The lowest BCUT2D eigenvalue weighted by atomic mass is 9.91. The van der Waals surface area contributed by atoms with Gasteiger partial charge in [-0.15, -0.1) is 0 Å². The zero-order chi connectivity index (χ0) is 21.7. The van der Waals surface area contributed by atoms with Crippen molar-refractivity contribution in [3.8, 4) is 0 Å². The number of nitrogens with zero attached hydrogens (tertiary/aromatic N) is 1. The number of ether oxygens (including phenoxy) is 1. The maximum atomic E-state index is 13.0. The second kappa shape index (κ2) is 7.41. The van der Waals surface area contributed by atoms with Gasteiger partial charge in [0.15, 0.2) is 5.78 Å². The minimum Gasteiger partial charge on any atom is -0.461 e. The number of aromatic amines is 1. The van der Waals surface area contributed by atoms with E-state index in [0.717, 1.165) is 63.6 Å². The molecule has 0 radical (unpaired) electrons. The van der Waals surface area contributed by atoms with E-state index >= 15 is 0 Å². The first kappa shape index (κ1) is 19.6. The van der Waals surface area contributed by atoms with Crippen LogP contribution in [0.4, 0.5) is 0 Å². The summed E-state index contributed by atoms with van der Waals surface area (Å²) in [5.41, 5.74) is 7.57. The van der Waals surface area contributed by atoms with E-state index < -0.39 is 0 Å². The van der Waals surface area contributed by atoms with Crippen LogP contribution < -0.4 is 0 Å². The quantitative estimate of drug-likeness (QED) is 0.450. The Kier molecular flexibility index (Phi) is 4.69. The Hall–Kier alpha value is -3.34. The predicted octanol–water partition coefficient (Wildman–Crippen LogP) is 5.48. The zero-order valence-corrected chi connectivity index (χ0v) is 18.2. The molecule has 5 nitrogen and oxygen atoms in total. The summed E-state index contributed by atoms with van der Waals surface area (Å²) in [5, 5.41) is 2.04. The smallest absolute Gasteiger partial charge is 0.355 e. The number of esters is 1. The Morgan fingerprint density at radius 1 is 1.10 bits per heavy atom. The van der Waals surface area contributed by atoms with E-state index in [1.807, 2.05) is 25.1 Å². The maximum Gasteiger partial charge on any atom is 0.355 e. The normalized spacial score (nSPS) is 13.7. The van der Waals surface area contributed by atoms with Crippen molar-refractivity contribution in [2.75, 3.05) is 6.61 Å². The van der Waals surface area contributed by atoms with Crippen molar-refractivity contribution in [3.63, 3.8) is 0 Å². The number of carbonyl (C=O) groups is 2. The average Bonchev–Trinajstić information content (AvgIpc) is 3.26. The van der Waals surface area contributed by atoms with Crippen LogP contribution in [0.2, 0.25) is 0 Å². The SMILES string of the molecule is CCOC(=O)c1[nH]c2cc3c(c4c(n3Cc3ccccc3)CCCC4=O)c(C)c2c1C. The summed E-state index contributed by atoms with van der Waals surface area (Å²) < 4.78 is 7.53. The molecule has 0 atom stereocenters. The fraction of sp³-hybridized carbons (Fsp3) is 0.308. The fourth-order valence-corrected chi connectivity index (χ4v) is 5.14. The lowest BCUT2D eigenvalue weighted by Crippen LogP contribution is -2.13. The van der Waals surface area contributed by atoms with Gasteiger partial charge in [-0.25, -0.2) is 4.79 Å². The van der Waals surface area contributed by atoms with Gasteiger partial charge in [0.05, 0.1) is 12.1 Å². The molecule has 0 fully saturated rings. The molecule has 4 aromatic rings. The van der Waals surface area contributed by atoms with Gasteiger partial charge < -0.3 is 14.3 Å². The number of nitrogens with one attached hydrogen (secondary N) is 1.